The Labute approximate surface area is 121 Å². The Morgan fingerprint density at radius 3 is 2.68 bits per heavy atom. The zero-order valence-electron chi connectivity index (χ0n) is 11.6. The second-order valence-electron chi connectivity index (χ2n) is 5.15. The van der Waals surface area contributed by atoms with E-state index in [1.807, 2.05) is 29.2 Å². The van der Waals surface area contributed by atoms with Crippen LogP contribution in [0.3, 0.4) is 0 Å². The Morgan fingerprint density at radius 2 is 2.11 bits per heavy atom. The Balaban J connectivity index is 0.00000180. The van der Waals surface area contributed by atoms with Crippen molar-refractivity contribution >= 4 is 18.3 Å². The van der Waals surface area contributed by atoms with Gasteiger partial charge in [-0.1, -0.05) is 25.1 Å². The van der Waals surface area contributed by atoms with E-state index in [0.29, 0.717) is 18.5 Å². The molecule has 106 valence electrons. The predicted octanol–water partition coefficient (Wildman–Crippen LogP) is 2.48. The number of aryl methyl sites for hydroxylation is 1. The van der Waals surface area contributed by atoms with Gasteiger partial charge in [-0.25, -0.2) is 0 Å². The van der Waals surface area contributed by atoms with Crippen LogP contribution >= 0.6 is 12.4 Å². The molecule has 1 aromatic carbocycles. The lowest BCUT2D eigenvalue weighted by molar-refractivity contribution is 0.0742. The van der Waals surface area contributed by atoms with E-state index in [4.69, 9.17) is 5.73 Å². The minimum Gasteiger partial charge on any atom is -0.336 e. The molecule has 0 bridgehead atoms. The summed E-state index contributed by atoms with van der Waals surface area (Å²) in [6, 6.07) is 8.20. The van der Waals surface area contributed by atoms with Crippen LogP contribution in [-0.2, 0) is 6.42 Å². The van der Waals surface area contributed by atoms with Crippen LogP contribution in [0.4, 0.5) is 0 Å². The maximum Gasteiger partial charge on any atom is 0.254 e. The minimum atomic E-state index is 0. The van der Waals surface area contributed by atoms with Gasteiger partial charge in [0.2, 0.25) is 0 Å². The third-order valence-electron chi connectivity index (χ3n) is 3.88. The molecule has 1 aliphatic rings. The summed E-state index contributed by atoms with van der Waals surface area (Å²) < 4.78 is 0. The van der Waals surface area contributed by atoms with E-state index >= 15 is 0 Å². The van der Waals surface area contributed by atoms with Crippen molar-refractivity contribution in [1.82, 2.24) is 4.90 Å². The number of hydrogen-bond acceptors (Lipinski definition) is 2. The summed E-state index contributed by atoms with van der Waals surface area (Å²) in [6.07, 6.45) is 1.92. The molecule has 1 saturated heterocycles. The summed E-state index contributed by atoms with van der Waals surface area (Å²) in [5, 5.41) is 0. The SMILES string of the molecule is CCc1ccccc1C(=O)N1CC(CN)CC1C.Cl. The van der Waals surface area contributed by atoms with E-state index in [0.717, 1.165) is 30.5 Å². The molecule has 1 heterocycles. The van der Waals surface area contributed by atoms with Gasteiger partial charge in [0, 0.05) is 18.2 Å². The Hall–Kier alpha value is -1.06. The maximum absolute atomic E-state index is 12.6. The summed E-state index contributed by atoms with van der Waals surface area (Å²) in [5.74, 6) is 0.619. The standard InChI is InChI=1S/C15H22N2O.ClH/c1-3-13-6-4-5-7-14(13)15(18)17-10-12(9-16)8-11(17)2;/h4-7,11-12H,3,8-10,16H2,1-2H3;1H. The number of hydrogen-bond donors (Lipinski definition) is 1. The van der Waals surface area contributed by atoms with Crippen molar-refractivity contribution in [3.8, 4) is 0 Å². The smallest absolute Gasteiger partial charge is 0.254 e. The molecule has 2 N–H and O–H groups in total. The fourth-order valence-electron chi connectivity index (χ4n) is 2.79. The summed E-state index contributed by atoms with van der Waals surface area (Å²) in [7, 11) is 0. The van der Waals surface area contributed by atoms with Crippen molar-refractivity contribution in [3.63, 3.8) is 0 Å². The number of nitrogens with two attached hydrogens (primary N) is 1. The van der Waals surface area contributed by atoms with Crippen LogP contribution in [0.15, 0.2) is 24.3 Å². The molecule has 1 amide bonds. The van der Waals surface area contributed by atoms with Gasteiger partial charge >= 0.3 is 0 Å². The molecule has 0 saturated carbocycles. The van der Waals surface area contributed by atoms with Crippen LogP contribution < -0.4 is 5.73 Å². The zero-order valence-corrected chi connectivity index (χ0v) is 12.5. The van der Waals surface area contributed by atoms with E-state index in [1.165, 1.54) is 0 Å². The second kappa shape index (κ2) is 6.92. The van der Waals surface area contributed by atoms with Crippen molar-refractivity contribution in [1.29, 1.82) is 0 Å². The average molecular weight is 283 g/mol. The van der Waals surface area contributed by atoms with Gasteiger partial charge in [-0.05, 0) is 43.9 Å². The molecule has 2 unspecified atom stereocenters. The Bertz CT molecular complexity index is 436. The van der Waals surface area contributed by atoms with Crippen LogP contribution in [0.5, 0.6) is 0 Å². The first-order valence-electron chi connectivity index (χ1n) is 6.76. The van der Waals surface area contributed by atoms with Crippen molar-refractivity contribution in [2.45, 2.75) is 32.7 Å². The van der Waals surface area contributed by atoms with Crippen molar-refractivity contribution in [3.05, 3.63) is 35.4 Å². The minimum absolute atomic E-state index is 0. The molecule has 1 aliphatic heterocycles. The monoisotopic (exact) mass is 282 g/mol. The molecule has 2 rings (SSSR count). The number of likely N-dealkylation sites (tertiary alicyclic amines) is 1. The van der Waals surface area contributed by atoms with Crippen molar-refractivity contribution < 1.29 is 4.79 Å². The number of rotatable bonds is 3. The maximum atomic E-state index is 12.6. The van der Waals surface area contributed by atoms with Gasteiger partial charge in [-0.3, -0.25) is 4.79 Å². The molecule has 1 aromatic rings. The molecule has 0 aromatic heterocycles. The normalized spacial score (nSPS) is 22.2. The topological polar surface area (TPSA) is 46.3 Å². The molecule has 19 heavy (non-hydrogen) atoms. The number of amides is 1. The molecule has 2 atom stereocenters. The lowest BCUT2D eigenvalue weighted by Gasteiger charge is -2.22. The predicted molar refractivity (Wildman–Crippen MR) is 80.7 cm³/mol. The highest BCUT2D eigenvalue weighted by atomic mass is 35.5. The van der Waals surface area contributed by atoms with E-state index in [9.17, 15) is 4.79 Å². The first-order valence-corrected chi connectivity index (χ1v) is 6.76. The summed E-state index contributed by atoms with van der Waals surface area (Å²) in [4.78, 5) is 14.6. The van der Waals surface area contributed by atoms with Crippen LogP contribution in [0.1, 0.15) is 36.2 Å². The lowest BCUT2D eigenvalue weighted by Crippen LogP contribution is -2.35. The number of carbonyl (C=O) groups excluding carboxylic acids is 1. The first kappa shape index (κ1) is 16.0. The van der Waals surface area contributed by atoms with Crippen LogP contribution in [0.25, 0.3) is 0 Å². The highest BCUT2D eigenvalue weighted by molar-refractivity contribution is 5.96. The summed E-state index contributed by atoms with van der Waals surface area (Å²) in [6.45, 7) is 5.67. The quantitative estimate of drug-likeness (QED) is 0.926. The van der Waals surface area contributed by atoms with E-state index < -0.39 is 0 Å². The highest BCUT2D eigenvalue weighted by Gasteiger charge is 2.32. The number of nitrogens with zero attached hydrogens (tertiary/aromatic N) is 1. The Morgan fingerprint density at radius 1 is 1.42 bits per heavy atom. The van der Waals surface area contributed by atoms with Crippen molar-refractivity contribution in [2.24, 2.45) is 11.7 Å². The average Bonchev–Trinajstić information content (AvgIpc) is 2.79. The largest absolute Gasteiger partial charge is 0.336 e. The molecule has 0 spiro atoms. The van der Waals surface area contributed by atoms with Gasteiger partial charge < -0.3 is 10.6 Å². The second-order valence-corrected chi connectivity index (χ2v) is 5.15. The van der Waals surface area contributed by atoms with E-state index in [1.54, 1.807) is 0 Å². The molecule has 3 nitrogen and oxygen atoms in total. The van der Waals surface area contributed by atoms with E-state index in [-0.39, 0.29) is 18.3 Å². The van der Waals surface area contributed by atoms with Gasteiger partial charge in [-0.15, -0.1) is 12.4 Å². The molecule has 0 radical (unpaired) electrons. The number of carbonyl (C=O) groups is 1. The van der Waals surface area contributed by atoms with Gasteiger partial charge in [0.25, 0.3) is 5.91 Å². The number of benzene rings is 1. The summed E-state index contributed by atoms with van der Waals surface area (Å²) in [5.41, 5.74) is 7.70. The number of halogens is 1. The third kappa shape index (κ3) is 3.28. The highest BCUT2D eigenvalue weighted by Crippen LogP contribution is 2.25. The fourth-order valence-corrected chi connectivity index (χ4v) is 2.79. The van der Waals surface area contributed by atoms with Crippen LogP contribution in [-0.4, -0.2) is 29.9 Å². The molecule has 4 heteroatoms. The molecule has 1 fully saturated rings. The fraction of sp³-hybridized carbons (Fsp3) is 0.533. The zero-order chi connectivity index (χ0) is 13.1. The van der Waals surface area contributed by atoms with Crippen LogP contribution in [0, 0.1) is 5.92 Å². The van der Waals surface area contributed by atoms with Gasteiger partial charge in [0.05, 0.1) is 0 Å². The molecular formula is C15H23ClN2O. The summed E-state index contributed by atoms with van der Waals surface area (Å²) >= 11 is 0. The van der Waals surface area contributed by atoms with Gasteiger partial charge in [0.1, 0.15) is 0 Å². The molecular weight excluding hydrogens is 260 g/mol. The first-order chi connectivity index (χ1) is 8.67. The third-order valence-corrected chi connectivity index (χ3v) is 3.88. The lowest BCUT2D eigenvalue weighted by atomic mass is 10.0. The van der Waals surface area contributed by atoms with Gasteiger partial charge in [-0.2, -0.15) is 0 Å². The molecule has 0 aliphatic carbocycles. The van der Waals surface area contributed by atoms with Crippen LogP contribution in [0.2, 0.25) is 0 Å². The van der Waals surface area contributed by atoms with Crippen molar-refractivity contribution in [2.75, 3.05) is 13.1 Å². The van der Waals surface area contributed by atoms with E-state index in [2.05, 4.69) is 13.8 Å². The Kier molecular flexibility index (Phi) is 5.83. The van der Waals surface area contributed by atoms with Gasteiger partial charge in [0.15, 0.2) is 0 Å².